The average Bonchev–Trinajstić information content (AvgIpc) is 3.08. The van der Waals surface area contributed by atoms with Crippen molar-refractivity contribution in [3.8, 4) is 5.69 Å². The monoisotopic (exact) mass is 423 g/mol. The number of aryl methyl sites for hydroxylation is 1. The fourth-order valence-corrected chi connectivity index (χ4v) is 4.43. The lowest BCUT2D eigenvalue weighted by atomic mass is 10.2. The molecule has 0 saturated carbocycles. The molecule has 4 rings (SSSR count). The van der Waals surface area contributed by atoms with Crippen LogP contribution in [0.4, 0.5) is 15.8 Å². The molecule has 0 saturated heterocycles. The summed E-state index contributed by atoms with van der Waals surface area (Å²) in [7, 11) is 1.24. The SMILES string of the molecule is Cc1cc(Nc2c(C(=O)N(C)O)sc3c2ccc(=O)n3-c2ccccc2)ccc1F. The molecule has 152 valence electrons. The second-order valence-electron chi connectivity index (χ2n) is 6.79. The molecule has 0 unspecified atom stereocenters. The molecule has 0 aliphatic rings. The molecule has 2 aromatic carbocycles. The number of pyridine rings is 1. The first kappa shape index (κ1) is 19.8. The highest BCUT2D eigenvalue weighted by atomic mass is 32.1. The molecule has 0 atom stereocenters. The van der Waals surface area contributed by atoms with Crippen LogP contribution in [-0.4, -0.2) is 27.8 Å². The maximum Gasteiger partial charge on any atom is 0.289 e. The third kappa shape index (κ3) is 3.47. The third-order valence-electron chi connectivity index (χ3n) is 4.67. The fraction of sp³-hybridized carbons (Fsp3) is 0.0909. The van der Waals surface area contributed by atoms with Crippen LogP contribution in [0.25, 0.3) is 15.9 Å². The van der Waals surface area contributed by atoms with Gasteiger partial charge in [-0.25, -0.2) is 9.45 Å². The minimum Gasteiger partial charge on any atom is -0.354 e. The Bertz CT molecular complexity index is 1310. The minimum atomic E-state index is -0.621. The van der Waals surface area contributed by atoms with Gasteiger partial charge in [0.25, 0.3) is 11.5 Å². The van der Waals surface area contributed by atoms with E-state index in [1.807, 2.05) is 18.2 Å². The molecule has 2 N–H and O–H groups in total. The maximum absolute atomic E-state index is 13.7. The van der Waals surface area contributed by atoms with Crippen LogP contribution in [0.1, 0.15) is 15.2 Å². The van der Waals surface area contributed by atoms with E-state index in [1.54, 1.807) is 37.3 Å². The van der Waals surface area contributed by atoms with Gasteiger partial charge in [-0.3, -0.25) is 19.4 Å². The van der Waals surface area contributed by atoms with Crippen molar-refractivity contribution in [3.05, 3.63) is 87.3 Å². The molecule has 8 heteroatoms. The number of carbonyl (C=O) groups is 1. The van der Waals surface area contributed by atoms with E-state index in [1.165, 1.54) is 23.7 Å². The van der Waals surface area contributed by atoms with Crippen LogP contribution in [0, 0.1) is 12.7 Å². The van der Waals surface area contributed by atoms with Crippen molar-refractivity contribution >= 4 is 38.8 Å². The average molecular weight is 423 g/mol. The maximum atomic E-state index is 13.7. The fourth-order valence-electron chi connectivity index (χ4n) is 3.19. The zero-order valence-electron chi connectivity index (χ0n) is 16.2. The Labute approximate surface area is 175 Å². The number of nitrogens with zero attached hydrogens (tertiary/aromatic N) is 2. The number of hydroxylamine groups is 2. The number of aromatic nitrogens is 1. The molecule has 0 fully saturated rings. The topological polar surface area (TPSA) is 74.6 Å². The molecule has 6 nitrogen and oxygen atoms in total. The van der Waals surface area contributed by atoms with Crippen molar-refractivity contribution in [3.63, 3.8) is 0 Å². The van der Waals surface area contributed by atoms with Crippen molar-refractivity contribution in [2.45, 2.75) is 6.92 Å². The first-order valence-corrected chi connectivity index (χ1v) is 9.92. The number of fused-ring (bicyclic) bond motifs is 1. The molecular weight excluding hydrogens is 405 g/mol. The van der Waals surface area contributed by atoms with Crippen LogP contribution in [0.5, 0.6) is 0 Å². The number of rotatable bonds is 4. The van der Waals surface area contributed by atoms with Gasteiger partial charge in [-0.15, -0.1) is 11.3 Å². The zero-order valence-corrected chi connectivity index (χ0v) is 17.0. The first-order chi connectivity index (χ1) is 14.4. The van der Waals surface area contributed by atoms with Crippen LogP contribution in [0.15, 0.2) is 65.5 Å². The van der Waals surface area contributed by atoms with E-state index >= 15 is 0 Å². The number of hydrogen-bond acceptors (Lipinski definition) is 5. The predicted molar refractivity (Wildman–Crippen MR) is 116 cm³/mol. The van der Waals surface area contributed by atoms with Crippen molar-refractivity contribution in [1.82, 2.24) is 9.63 Å². The van der Waals surface area contributed by atoms with Crippen LogP contribution in [0.3, 0.4) is 0 Å². The van der Waals surface area contributed by atoms with E-state index in [9.17, 15) is 19.2 Å². The number of nitrogens with one attached hydrogen (secondary N) is 1. The van der Waals surface area contributed by atoms with Crippen molar-refractivity contribution in [2.24, 2.45) is 0 Å². The van der Waals surface area contributed by atoms with Gasteiger partial charge in [0.05, 0.1) is 11.4 Å². The summed E-state index contributed by atoms with van der Waals surface area (Å²) in [4.78, 5) is 26.1. The van der Waals surface area contributed by atoms with E-state index in [0.717, 1.165) is 11.3 Å². The summed E-state index contributed by atoms with van der Waals surface area (Å²) < 4.78 is 15.2. The van der Waals surface area contributed by atoms with Gasteiger partial charge in [0, 0.05) is 24.2 Å². The number of para-hydroxylation sites is 1. The van der Waals surface area contributed by atoms with Crippen molar-refractivity contribution in [1.29, 1.82) is 0 Å². The largest absolute Gasteiger partial charge is 0.354 e. The predicted octanol–water partition coefficient (Wildman–Crippen LogP) is 4.70. The van der Waals surface area contributed by atoms with Gasteiger partial charge >= 0.3 is 0 Å². The molecule has 4 aromatic rings. The van der Waals surface area contributed by atoms with Crippen molar-refractivity contribution in [2.75, 3.05) is 12.4 Å². The van der Waals surface area contributed by atoms with Gasteiger partial charge in [0.1, 0.15) is 15.5 Å². The number of carbonyl (C=O) groups excluding carboxylic acids is 1. The summed E-state index contributed by atoms with van der Waals surface area (Å²) in [6.45, 7) is 1.65. The molecule has 1 amide bonds. The molecule has 2 aromatic heterocycles. The van der Waals surface area contributed by atoms with E-state index in [2.05, 4.69) is 5.32 Å². The normalized spacial score (nSPS) is 10.9. The lowest BCUT2D eigenvalue weighted by Crippen LogP contribution is -2.22. The Morgan fingerprint density at radius 1 is 1.13 bits per heavy atom. The minimum absolute atomic E-state index is 0.229. The summed E-state index contributed by atoms with van der Waals surface area (Å²) in [6.07, 6.45) is 0. The standard InChI is InChI=1S/C22H18FN3O3S/c1-13-12-14(8-10-17(13)23)24-19-16-9-11-18(27)26(15-6-4-3-5-7-15)22(16)30-20(19)21(28)25(2)29/h3-12,24,29H,1-2H3. The second-order valence-corrected chi connectivity index (χ2v) is 7.78. The third-order valence-corrected chi connectivity index (χ3v) is 5.85. The molecular formula is C22H18FN3O3S. The highest BCUT2D eigenvalue weighted by molar-refractivity contribution is 7.21. The lowest BCUT2D eigenvalue weighted by Gasteiger charge is -2.12. The van der Waals surface area contributed by atoms with E-state index in [4.69, 9.17) is 0 Å². The Morgan fingerprint density at radius 2 is 1.87 bits per heavy atom. The molecule has 0 spiro atoms. The van der Waals surface area contributed by atoms with E-state index < -0.39 is 5.91 Å². The smallest absolute Gasteiger partial charge is 0.289 e. The molecule has 0 radical (unpaired) electrons. The van der Waals surface area contributed by atoms with Gasteiger partial charge in [-0.05, 0) is 48.9 Å². The van der Waals surface area contributed by atoms with E-state index in [0.29, 0.717) is 37.9 Å². The molecule has 0 bridgehead atoms. The first-order valence-electron chi connectivity index (χ1n) is 9.11. The van der Waals surface area contributed by atoms with Gasteiger partial charge < -0.3 is 5.32 Å². The molecule has 0 aliphatic heterocycles. The van der Waals surface area contributed by atoms with Crippen LogP contribution in [-0.2, 0) is 0 Å². The summed E-state index contributed by atoms with van der Waals surface area (Å²) in [5.74, 6) is -0.954. The number of thiophene rings is 1. The number of halogens is 1. The quantitative estimate of drug-likeness (QED) is 0.368. The highest BCUT2D eigenvalue weighted by Crippen LogP contribution is 2.38. The van der Waals surface area contributed by atoms with E-state index in [-0.39, 0.29) is 16.3 Å². The molecule has 0 aliphatic carbocycles. The Morgan fingerprint density at radius 3 is 2.53 bits per heavy atom. The van der Waals surface area contributed by atoms with Gasteiger partial charge in [-0.2, -0.15) is 0 Å². The highest BCUT2D eigenvalue weighted by Gasteiger charge is 2.23. The number of benzene rings is 2. The number of hydrogen-bond donors (Lipinski definition) is 2. The number of amides is 1. The summed E-state index contributed by atoms with van der Waals surface area (Å²) in [5.41, 5.74) is 1.90. The van der Waals surface area contributed by atoms with Gasteiger partial charge in [0.2, 0.25) is 0 Å². The summed E-state index contributed by atoms with van der Waals surface area (Å²) in [5, 5.41) is 14.1. The van der Waals surface area contributed by atoms with Crippen LogP contribution in [0.2, 0.25) is 0 Å². The van der Waals surface area contributed by atoms with Crippen molar-refractivity contribution < 1.29 is 14.4 Å². The second kappa shape index (κ2) is 7.74. The zero-order chi connectivity index (χ0) is 21.4. The summed E-state index contributed by atoms with van der Waals surface area (Å²) >= 11 is 1.10. The Kier molecular flexibility index (Phi) is 5.11. The Hall–Kier alpha value is -3.49. The molecule has 30 heavy (non-hydrogen) atoms. The van der Waals surface area contributed by atoms with Crippen LogP contribution >= 0.6 is 11.3 Å². The lowest BCUT2D eigenvalue weighted by molar-refractivity contribution is -0.0370. The van der Waals surface area contributed by atoms with Crippen LogP contribution < -0.4 is 10.9 Å². The summed E-state index contributed by atoms with van der Waals surface area (Å²) in [6, 6.07) is 16.7. The van der Waals surface area contributed by atoms with Gasteiger partial charge in [-0.1, -0.05) is 18.2 Å². The Balaban J connectivity index is 1.98. The van der Waals surface area contributed by atoms with Gasteiger partial charge in [0.15, 0.2) is 0 Å². The number of anilines is 2. The molecule has 2 heterocycles.